The second kappa shape index (κ2) is 2.61. The van der Waals surface area contributed by atoms with Crippen molar-refractivity contribution in [3.63, 3.8) is 0 Å². The van der Waals surface area contributed by atoms with Gasteiger partial charge in [0.15, 0.2) is 0 Å². The topological polar surface area (TPSA) is 0 Å². The van der Waals surface area contributed by atoms with Gasteiger partial charge in [0.2, 0.25) is 0 Å². The van der Waals surface area contributed by atoms with Crippen LogP contribution in [0.25, 0.3) is 0 Å². The van der Waals surface area contributed by atoms with Crippen molar-refractivity contribution in [2.45, 2.75) is 19.8 Å². The van der Waals surface area contributed by atoms with E-state index in [1.54, 1.807) is 0 Å². The molecule has 1 fully saturated rings. The molecule has 1 aliphatic rings. The summed E-state index contributed by atoms with van der Waals surface area (Å²) in [6, 6.07) is 0. The van der Waals surface area contributed by atoms with Gasteiger partial charge in [0.05, 0.1) is 0 Å². The van der Waals surface area contributed by atoms with Crippen molar-refractivity contribution in [3.8, 4) is 0 Å². The van der Waals surface area contributed by atoms with Crippen molar-refractivity contribution in [1.82, 2.24) is 0 Å². The molecule has 0 unspecified atom stereocenters. The van der Waals surface area contributed by atoms with Crippen molar-refractivity contribution < 1.29 is 0 Å². The third-order valence-electron chi connectivity index (χ3n) is 1.40. The summed E-state index contributed by atoms with van der Waals surface area (Å²) in [5, 5.41) is 0. The molecule has 0 aliphatic carbocycles. The monoisotopic (exact) mass is 116 g/mol. The predicted octanol–water partition coefficient (Wildman–Crippen LogP) is 2.15. The summed E-state index contributed by atoms with van der Waals surface area (Å²) in [4.78, 5) is 0. The van der Waals surface area contributed by atoms with Gasteiger partial charge >= 0.3 is 0 Å². The fourth-order valence-corrected chi connectivity index (χ4v) is 1.76. The Balaban J connectivity index is 1.93. The molecule has 0 saturated carbocycles. The first-order chi connectivity index (χ1) is 3.43. The van der Waals surface area contributed by atoms with Crippen molar-refractivity contribution in [1.29, 1.82) is 0 Å². The van der Waals surface area contributed by atoms with Crippen LogP contribution in [0.3, 0.4) is 0 Å². The summed E-state index contributed by atoms with van der Waals surface area (Å²) in [5.41, 5.74) is 0. The number of thioether (sulfide) groups is 1. The molecule has 0 aromatic heterocycles. The van der Waals surface area contributed by atoms with Gasteiger partial charge in [0.25, 0.3) is 0 Å². The smallest absolute Gasteiger partial charge is 0.00311 e. The molecule has 1 saturated heterocycles. The molecule has 0 nitrogen and oxygen atoms in total. The fraction of sp³-hybridized carbons (Fsp3) is 1.00. The quantitative estimate of drug-likeness (QED) is 0.532. The summed E-state index contributed by atoms with van der Waals surface area (Å²) in [6.07, 6.45) is 2.85. The molecule has 42 valence electrons. The van der Waals surface area contributed by atoms with Crippen LogP contribution in [0.1, 0.15) is 19.8 Å². The minimum atomic E-state index is 1.09. The van der Waals surface area contributed by atoms with E-state index in [0.717, 1.165) is 5.92 Å². The van der Waals surface area contributed by atoms with Gasteiger partial charge in [-0.3, -0.25) is 0 Å². The van der Waals surface area contributed by atoms with Crippen LogP contribution in [-0.4, -0.2) is 11.5 Å². The maximum absolute atomic E-state index is 2.27. The fourth-order valence-electron chi connectivity index (χ4n) is 0.859. The Kier molecular flexibility index (Phi) is 2.04. The van der Waals surface area contributed by atoms with Crippen molar-refractivity contribution in [2.75, 3.05) is 11.5 Å². The lowest BCUT2D eigenvalue weighted by Gasteiger charge is -2.23. The van der Waals surface area contributed by atoms with Crippen LogP contribution in [0, 0.1) is 5.92 Å². The second-order valence-electron chi connectivity index (χ2n) is 2.19. The highest BCUT2D eigenvalue weighted by Crippen LogP contribution is 2.27. The molecular weight excluding hydrogens is 104 g/mol. The Morgan fingerprint density at radius 2 is 2.29 bits per heavy atom. The zero-order valence-electron chi connectivity index (χ0n) is 4.81. The van der Waals surface area contributed by atoms with Gasteiger partial charge in [-0.1, -0.05) is 13.3 Å². The van der Waals surface area contributed by atoms with Gasteiger partial charge in [-0.2, -0.15) is 11.8 Å². The first-order valence-corrected chi connectivity index (χ1v) is 4.16. The van der Waals surface area contributed by atoms with E-state index in [2.05, 4.69) is 18.7 Å². The largest absolute Gasteiger partial charge is 0.161 e. The lowest BCUT2D eigenvalue weighted by Crippen LogP contribution is -2.16. The summed E-state index contributed by atoms with van der Waals surface area (Å²) in [5.74, 6) is 3.97. The van der Waals surface area contributed by atoms with Crippen LogP contribution in [0.15, 0.2) is 0 Å². The number of rotatable bonds is 2. The lowest BCUT2D eigenvalue weighted by molar-refractivity contribution is 0.569. The number of hydrogen-bond acceptors (Lipinski definition) is 1. The molecule has 0 spiro atoms. The SMILES string of the molecule is CCCC1CSC1. The average Bonchev–Trinajstić information content (AvgIpc) is 1.55. The second-order valence-corrected chi connectivity index (χ2v) is 3.27. The maximum atomic E-state index is 2.27. The van der Waals surface area contributed by atoms with Gasteiger partial charge in [-0.15, -0.1) is 0 Å². The summed E-state index contributed by atoms with van der Waals surface area (Å²) in [7, 11) is 0. The Labute approximate surface area is 49.7 Å². The first-order valence-electron chi connectivity index (χ1n) is 3.01. The summed E-state index contributed by atoms with van der Waals surface area (Å²) in [6.45, 7) is 2.27. The molecule has 0 N–H and O–H groups in total. The first kappa shape index (κ1) is 5.49. The predicted molar refractivity (Wildman–Crippen MR) is 35.7 cm³/mol. The van der Waals surface area contributed by atoms with E-state index in [9.17, 15) is 0 Å². The summed E-state index contributed by atoms with van der Waals surface area (Å²) < 4.78 is 0. The Hall–Kier alpha value is 0.350. The van der Waals surface area contributed by atoms with Gasteiger partial charge in [-0.25, -0.2) is 0 Å². The standard InChI is InChI=1S/C6H12S/c1-2-3-6-4-7-5-6/h6H,2-5H2,1H3. The third-order valence-corrected chi connectivity index (χ3v) is 2.82. The summed E-state index contributed by atoms with van der Waals surface area (Å²) >= 11 is 2.09. The molecule has 0 atom stereocenters. The molecule has 1 aliphatic heterocycles. The zero-order chi connectivity index (χ0) is 5.11. The molecule has 0 aromatic rings. The number of hydrogen-bond donors (Lipinski definition) is 0. The molecule has 0 amide bonds. The van der Waals surface area contributed by atoms with E-state index in [0.29, 0.717) is 0 Å². The molecule has 1 rings (SSSR count). The normalized spacial score (nSPS) is 21.9. The molecule has 1 heterocycles. The zero-order valence-corrected chi connectivity index (χ0v) is 5.63. The highest BCUT2D eigenvalue weighted by Gasteiger charge is 2.15. The van der Waals surface area contributed by atoms with Crippen molar-refractivity contribution in [3.05, 3.63) is 0 Å². The van der Waals surface area contributed by atoms with Crippen LogP contribution in [-0.2, 0) is 0 Å². The minimum absolute atomic E-state index is 1.09. The molecule has 0 aromatic carbocycles. The van der Waals surface area contributed by atoms with Crippen LogP contribution in [0.5, 0.6) is 0 Å². The average molecular weight is 116 g/mol. The van der Waals surface area contributed by atoms with Gasteiger partial charge < -0.3 is 0 Å². The van der Waals surface area contributed by atoms with Crippen LogP contribution in [0.2, 0.25) is 0 Å². The molecule has 7 heavy (non-hydrogen) atoms. The molecule has 1 heteroatoms. The Bertz CT molecular complexity index is 48.1. The van der Waals surface area contributed by atoms with E-state index in [1.165, 1.54) is 24.3 Å². The van der Waals surface area contributed by atoms with E-state index in [-0.39, 0.29) is 0 Å². The minimum Gasteiger partial charge on any atom is -0.161 e. The third kappa shape index (κ3) is 1.37. The molecule has 0 radical (unpaired) electrons. The van der Waals surface area contributed by atoms with Gasteiger partial charge in [-0.05, 0) is 23.8 Å². The molecule has 0 bridgehead atoms. The lowest BCUT2D eigenvalue weighted by atomic mass is 10.1. The highest BCUT2D eigenvalue weighted by atomic mass is 32.2. The maximum Gasteiger partial charge on any atom is -0.00311 e. The van der Waals surface area contributed by atoms with Crippen LogP contribution in [0.4, 0.5) is 0 Å². The van der Waals surface area contributed by atoms with E-state index in [1.807, 2.05) is 0 Å². The highest BCUT2D eigenvalue weighted by molar-refractivity contribution is 8.00. The van der Waals surface area contributed by atoms with Gasteiger partial charge in [0.1, 0.15) is 0 Å². The van der Waals surface area contributed by atoms with E-state index >= 15 is 0 Å². The van der Waals surface area contributed by atoms with Crippen LogP contribution >= 0.6 is 11.8 Å². The van der Waals surface area contributed by atoms with E-state index in [4.69, 9.17) is 0 Å². The van der Waals surface area contributed by atoms with Crippen molar-refractivity contribution in [2.24, 2.45) is 5.92 Å². The Morgan fingerprint density at radius 3 is 2.43 bits per heavy atom. The Morgan fingerprint density at radius 1 is 1.57 bits per heavy atom. The van der Waals surface area contributed by atoms with Crippen molar-refractivity contribution >= 4 is 11.8 Å². The van der Waals surface area contributed by atoms with E-state index < -0.39 is 0 Å². The molecular formula is C6H12S. The van der Waals surface area contributed by atoms with Gasteiger partial charge in [0, 0.05) is 0 Å². The van der Waals surface area contributed by atoms with Crippen LogP contribution < -0.4 is 0 Å².